The molecule has 1 amide bonds. The van der Waals surface area contributed by atoms with Gasteiger partial charge in [0.1, 0.15) is 0 Å². The van der Waals surface area contributed by atoms with Crippen molar-refractivity contribution in [2.24, 2.45) is 5.92 Å². The Hall–Kier alpha value is -1.72. The number of benzene rings is 1. The number of ether oxygens (including phenoxy) is 2. The minimum absolute atomic E-state index is 0.0844. The van der Waals surface area contributed by atoms with Crippen molar-refractivity contribution in [1.29, 1.82) is 0 Å². The summed E-state index contributed by atoms with van der Waals surface area (Å²) in [4.78, 5) is 27.0. The molecule has 3 aliphatic rings. The van der Waals surface area contributed by atoms with Gasteiger partial charge in [-0.1, -0.05) is 24.3 Å². The standard InChI is InChI=1S/C18H21NO4/c20-16-12-14(11-13-3-1-2-4-15(13)16)17(21)19-7-5-18(6-8-19)22-9-10-23-18/h1-4,14H,5-12H2. The molecule has 1 unspecified atom stereocenters. The number of hydrogen-bond acceptors (Lipinski definition) is 4. The molecule has 2 aliphatic heterocycles. The Balaban J connectivity index is 1.43. The van der Waals surface area contributed by atoms with Crippen molar-refractivity contribution in [3.05, 3.63) is 35.4 Å². The number of hydrogen-bond donors (Lipinski definition) is 0. The van der Waals surface area contributed by atoms with Gasteiger partial charge in [-0.05, 0) is 12.0 Å². The van der Waals surface area contributed by atoms with Crippen molar-refractivity contribution in [2.45, 2.75) is 31.5 Å². The average Bonchev–Trinajstić information content (AvgIpc) is 3.03. The van der Waals surface area contributed by atoms with Crippen LogP contribution in [0.5, 0.6) is 0 Å². The van der Waals surface area contributed by atoms with Crippen LogP contribution in [0.4, 0.5) is 0 Å². The van der Waals surface area contributed by atoms with E-state index in [-0.39, 0.29) is 17.6 Å². The van der Waals surface area contributed by atoms with Crippen LogP contribution in [0.2, 0.25) is 0 Å². The summed E-state index contributed by atoms with van der Waals surface area (Å²) in [6.45, 7) is 2.57. The van der Waals surface area contributed by atoms with E-state index in [4.69, 9.17) is 9.47 Å². The molecule has 23 heavy (non-hydrogen) atoms. The molecule has 1 aromatic rings. The Labute approximate surface area is 135 Å². The number of Topliss-reactive ketones (excluding diaryl/α,β-unsaturated/α-hetero) is 1. The number of nitrogens with zero attached hydrogens (tertiary/aromatic N) is 1. The molecule has 122 valence electrons. The summed E-state index contributed by atoms with van der Waals surface area (Å²) in [5.74, 6) is -0.509. The van der Waals surface area contributed by atoms with Gasteiger partial charge in [0.05, 0.1) is 13.2 Å². The number of rotatable bonds is 1. The van der Waals surface area contributed by atoms with Crippen LogP contribution in [0, 0.1) is 5.92 Å². The minimum atomic E-state index is -0.467. The molecular weight excluding hydrogens is 294 g/mol. The first-order valence-electron chi connectivity index (χ1n) is 8.35. The largest absolute Gasteiger partial charge is 0.347 e. The zero-order valence-electron chi connectivity index (χ0n) is 13.1. The highest BCUT2D eigenvalue weighted by molar-refractivity contribution is 6.01. The minimum Gasteiger partial charge on any atom is -0.347 e. The smallest absolute Gasteiger partial charge is 0.226 e. The molecule has 0 N–H and O–H groups in total. The summed E-state index contributed by atoms with van der Waals surface area (Å²) in [5, 5.41) is 0. The first kappa shape index (κ1) is 14.8. The normalized spacial score (nSPS) is 26.3. The molecule has 0 aromatic heterocycles. The highest BCUT2D eigenvalue weighted by Crippen LogP contribution is 2.33. The van der Waals surface area contributed by atoms with Crippen molar-refractivity contribution in [2.75, 3.05) is 26.3 Å². The Kier molecular flexibility index (Phi) is 3.70. The number of piperidine rings is 1. The average molecular weight is 315 g/mol. The molecule has 1 aliphatic carbocycles. The van der Waals surface area contributed by atoms with Crippen LogP contribution in [0.1, 0.15) is 35.2 Å². The van der Waals surface area contributed by atoms with E-state index in [9.17, 15) is 9.59 Å². The lowest BCUT2D eigenvalue weighted by Crippen LogP contribution is -2.49. The zero-order valence-corrected chi connectivity index (χ0v) is 13.1. The molecule has 0 radical (unpaired) electrons. The van der Waals surface area contributed by atoms with Gasteiger partial charge in [-0.25, -0.2) is 0 Å². The lowest BCUT2D eigenvalue weighted by molar-refractivity contribution is -0.188. The van der Waals surface area contributed by atoms with Crippen LogP contribution in [-0.4, -0.2) is 48.7 Å². The van der Waals surface area contributed by atoms with Gasteiger partial charge in [0, 0.05) is 43.8 Å². The van der Waals surface area contributed by atoms with Crippen molar-refractivity contribution in [3.63, 3.8) is 0 Å². The van der Waals surface area contributed by atoms with Crippen LogP contribution >= 0.6 is 0 Å². The Bertz CT molecular complexity index is 626. The molecule has 1 spiro atoms. The van der Waals surface area contributed by atoms with Gasteiger partial charge in [-0.3, -0.25) is 9.59 Å². The van der Waals surface area contributed by atoms with Crippen molar-refractivity contribution in [3.8, 4) is 0 Å². The van der Waals surface area contributed by atoms with Crippen LogP contribution < -0.4 is 0 Å². The lowest BCUT2D eigenvalue weighted by atomic mass is 9.82. The maximum Gasteiger partial charge on any atom is 0.226 e. The van der Waals surface area contributed by atoms with Crippen molar-refractivity contribution in [1.82, 2.24) is 4.90 Å². The van der Waals surface area contributed by atoms with Gasteiger partial charge in [-0.15, -0.1) is 0 Å². The second-order valence-corrected chi connectivity index (χ2v) is 6.62. The first-order valence-corrected chi connectivity index (χ1v) is 8.35. The van der Waals surface area contributed by atoms with Gasteiger partial charge < -0.3 is 14.4 Å². The molecule has 2 fully saturated rings. The van der Waals surface area contributed by atoms with Crippen LogP contribution in [0.3, 0.4) is 0 Å². The summed E-state index contributed by atoms with van der Waals surface area (Å²) < 4.78 is 11.4. The second-order valence-electron chi connectivity index (χ2n) is 6.62. The molecule has 0 saturated carbocycles. The van der Waals surface area contributed by atoms with Crippen LogP contribution in [-0.2, 0) is 20.7 Å². The fourth-order valence-corrected chi connectivity index (χ4v) is 3.93. The van der Waals surface area contributed by atoms with E-state index < -0.39 is 5.79 Å². The second kappa shape index (κ2) is 5.73. The number of ketones is 1. The third-order valence-electron chi connectivity index (χ3n) is 5.22. The molecule has 5 nitrogen and oxygen atoms in total. The summed E-state index contributed by atoms with van der Waals surface area (Å²) >= 11 is 0. The first-order chi connectivity index (χ1) is 11.2. The quantitative estimate of drug-likeness (QED) is 0.793. The number of amides is 1. The molecule has 0 bridgehead atoms. The number of carbonyl (C=O) groups excluding carboxylic acids is 2. The molecule has 4 rings (SSSR count). The predicted molar refractivity (Wildman–Crippen MR) is 83.0 cm³/mol. The molecule has 1 atom stereocenters. The third-order valence-corrected chi connectivity index (χ3v) is 5.22. The van der Waals surface area contributed by atoms with Crippen LogP contribution in [0.15, 0.2) is 24.3 Å². The SMILES string of the molecule is O=C1CC(C(=O)N2CCC3(CC2)OCCO3)Cc2ccccc21. The highest BCUT2D eigenvalue weighted by Gasteiger charge is 2.42. The van der Waals surface area contributed by atoms with Gasteiger partial charge >= 0.3 is 0 Å². The van der Waals surface area contributed by atoms with Gasteiger partial charge in [0.2, 0.25) is 5.91 Å². The number of fused-ring (bicyclic) bond motifs is 1. The van der Waals surface area contributed by atoms with Crippen molar-refractivity contribution < 1.29 is 19.1 Å². The molecule has 2 heterocycles. The maximum absolute atomic E-state index is 12.8. The van der Waals surface area contributed by atoms with E-state index in [0.29, 0.717) is 39.1 Å². The summed E-state index contributed by atoms with van der Waals surface area (Å²) in [6, 6.07) is 7.62. The monoisotopic (exact) mass is 315 g/mol. The van der Waals surface area contributed by atoms with Gasteiger partial charge in [0.15, 0.2) is 11.6 Å². The van der Waals surface area contributed by atoms with E-state index >= 15 is 0 Å². The Morgan fingerprint density at radius 3 is 2.52 bits per heavy atom. The van der Waals surface area contributed by atoms with Crippen LogP contribution in [0.25, 0.3) is 0 Å². The Morgan fingerprint density at radius 2 is 1.78 bits per heavy atom. The van der Waals surface area contributed by atoms with E-state index in [1.807, 2.05) is 29.2 Å². The zero-order chi connectivity index (χ0) is 15.9. The van der Waals surface area contributed by atoms with E-state index in [1.54, 1.807) is 0 Å². The predicted octanol–water partition coefficient (Wildman–Crippen LogP) is 1.80. The molecule has 5 heteroatoms. The third kappa shape index (κ3) is 2.68. The molecule has 2 saturated heterocycles. The topological polar surface area (TPSA) is 55.8 Å². The molecular formula is C18H21NO4. The van der Waals surface area contributed by atoms with E-state index in [1.165, 1.54) is 0 Å². The maximum atomic E-state index is 12.8. The highest BCUT2D eigenvalue weighted by atomic mass is 16.7. The van der Waals surface area contributed by atoms with Crippen molar-refractivity contribution >= 4 is 11.7 Å². The Morgan fingerprint density at radius 1 is 1.09 bits per heavy atom. The summed E-state index contributed by atoms with van der Waals surface area (Å²) in [6.07, 6.45) is 2.42. The summed E-state index contributed by atoms with van der Waals surface area (Å²) in [7, 11) is 0. The number of likely N-dealkylation sites (tertiary alicyclic amines) is 1. The lowest BCUT2D eigenvalue weighted by Gasteiger charge is -2.39. The van der Waals surface area contributed by atoms with E-state index in [0.717, 1.165) is 24.0 Å². The fourth-order valence-electron chi connectivity index (χ4n) is 3.93. The van der Waals surface area contributed by atoms with E-state index in [2.05, 4.69) is 0 Å². The van der Waals surface area contributed by atoms with Gasteiger partial charge in [0.25, 0.3) is 0 Å². The fraction of sp³-hybridized carbons (Fsp3) is 0.556. The number of carbonyl (C=O) groups is 2. The molecule has 1 aromatic carbocycles. The summed E-state index contributed by atoms with van der Waals surface area (Å²) in [5.41, 5.74) is 1.78. The van der Waals surface area contributed by atoms with Gasteiger partial charge in [-0.2, -0.15) is 0 Å².